The molecule has 10 heavy (non-hydrogen) atoms. The van der Waals surface area contributed by atoms with Gasteiger partial charge in [0.05, 0.1) is 12.7 Å². The van der Waals surface area contributed by atoms with Crippen LogP contribution in [0.3, 0.4) is 0 Å². The molecule has 1 aliphatic heterocycles. The van der Waals surface area contributed by atoms with Gasteiger partial charge in [-0.05, 0) is 0 Å². The highest BCUT2D eigenvalue weighted by molar-refractivity contribution is 6.11. The molecule has 4 atom stereocenters. The average molecular weight is 142 g/mol. The van der Waals surface area contributed by atoms with Gasteiger partial charge in [0.25, 0.3) is 0 Å². The van der Waals surface area contributed by atoms with Crippen LogP contribution in [0, 0.1) is 5.92 Å². The SMILES string of the molecule is [B][C@@H]1O[C@H](CO)[C@@H](O)[C@@H]1C. The van der Waals surface area contributed by atoms with Gasteiger partial charge in [0.2, 0.25) is 0 Å². The Labute approximate surface area is 61.4 Å². The maximum Gasteiger partial charge on any atom is 0.109 e. The van der Waals surface area contributed by atoms with Crippen molar-refractivity contribution in [3.05, 3.63) is 0 Å². The van der Waals surface area contributed by atoms with Crippen LogP contribution in [-0.2, 0) is 4.74 Å². The quantitative estimate of drug-likeness (QED) is 0.455. The van der Waals surface area contributed by atoms with Gasteiger partial charge >= 0.3 is 0 Å². The topological polar surface area (TPSA) is 49.7 Å². The molecule has 0 aromatic heterocycles. The van der Waals surface area contributed by atoms with Gasteiger partial charge in [-0.15, -0.1) is 0 Å². The fourth-order valence-corrected chi connectivity index (χ4v) is 1.09. The summed E-state index contributed by atoms with van der Waals surface area (Å²) in [6.45, 7) is 1.63. The van der Waals surface area contributed by atoms with Crippen molar-refractivity contribution >= 4 is 7.85 Å². The van der Waals surface area contributed by atoms with E-state index in [1.165, 1.54) is 0 Å². The highest BCUT2D eigenvalue weighted by atomic mass is 16.5. The van der Waals surface area contributed by atoms with E-state index < -0.39 is 18.2 Å². The van der Waals surface area contributed by atoms with Crippen LogP contribution in [0.15, 0.2) is 0 Å². The van der Waals surface area contributed by atoms with Crippen LogP contribution in [0.5, 0.6) is 0 Å². The van der Waals surface area contributed by atoms with Crippen molar-refractivity contribution < 1.29 is 14.9 Å². The van der Waals surface area contributed by atoms with Crippen molar-refractivity contribution in [2.24, 2.45) is 5.92 Å². The molecule has 1 rings (SSSR count). The molecule has 0 saturated carbocycles. The van der Waals surface area contributed by atoms with Crippen molar-refractivity contribution in [1.29, 1.82) is 0 Å². The summed E-state index contributed by atoms with van der Waals surface area (Å²) in [6.07, 6.45) is -1.12. The monoisotopic (exact) mass is 142 g/mol. The summed E-state index contributed by atoms with van der Waals surface area (Å²) in [5, 5.41) is 17.9. The largest absolute Gasteiger partial charge is 0.394 e. The molecule has 2 N–H and O–H groups in total. The Morgan fingerprint density at radius 2 is 2.20 bits per heavy atom. The summed E-state index contributed by atoms with van der Waals surface area (Å²) in [5.41, 5.74) is 0. The smallest absolute Gasteiger partial charge is 0.109 e. The van der Waals surface area contributed by atoms with Gasteiger partial charge in [-0.3, -0.25) is 0 Å². The molecule has 0 spiro atoms. The Hall–Kier alpha value is -0.0551. The molecule has 0 aromatic carbocycles. The summed E-state index contributed by atoms with van der Waals surface area (Å²) in [4.78, 5) is 0. The van der Waals surface area contributed by atoms with Crippen molar-refractivity contribution in [1.82, 2.24) is 0 Å². The first-order chi connectivity index (χ1) is 4.66. The minimum atomic E-state index is -0.625. The molecule has 0 unspecified atom stereocenters. The molecule has 0 bridgehead atoms. The summed E-state index contributed by atoms with van der Waals surface area (Å²) in [5.74, 6) is -0.0860. The van der Waals surface area contributed by atoms with Crippen molar-refractivity contribution in [3.8, 4) is 0 Å². The van der Waals surface area contributed by atoms with Crippen molar-refractivity contribution in [3.63, 3.8) is 0 Å². The second kappa shape index (κ2) is 2.90. The first-order valence-electron chi connectivity index (χ1n) is 3.36. The van der Waals surface area contributed by atoms with Crippen LogP contribution >= 0.6 is 0 Å². The third-order valence-electron chi connectivity index (χ3n) is 1.95. The molecule has 1 saturated heterocycles. The van der Waals surface area contributed by atoms with E-state index in [1.54, 1.807) is 6.92 Å². The zero-order chi connectivity index (χ0) is 7.72. The maximum atomic E-state index is 9.26. The lowest BCUT2D eigenvalue weighted by Crippen LogP contribution is -2.28. The van der Waals surface area contributed by atoms with E-state index in [1.807, 2.05) is 0 Å². The lowest BCUT2D eigenvalue weighted by Gasteiger charge is -2.11. The van der Waals surface area contributed by atoms with E-state index in [4.69, 9.17) is 17.7 Å². The zero-order valence-corrected chi connectivity index (χ0v) is 5.90. The predicted octanol–water partition coefficient (Wildman–Crippen LogP) is -1.13. The number of aliphatic hydroxyl groups is 2. The minimum Gasteiger partial charge on any atom is -0.394 e. The van der Waals surface area contributed by atoms with Gasteiger partial charge in [0.15, 0.2) is 0 Å². The summed E-state index contributed by atoms with van der Waals surface area (Å²) >= 11 is 0. The minimum absolute atomic E-state index is 0.0860. The Balaban J connectivity index is 2.53. The number of hydrogen-bond acceptors (Lipinski definition) is 3. The van der Waals surface area contributed by atoms with Gasteiger partial charge in [-0.25, -0.2) is 0 Å². The van der Waals surface area contributed by atoms with E-state index in [9.17, 15) is 5.11 Å². The highest BCUT2D eigenvalue weighted by Gasteiger charge is 2.36. The lowest BCUT2D eigenvalue weighted by molar-refractivity contribution is -0.00490. The first kappa shape index (κ1) is 8.05. The molecule has 0 amide bonds. The molecular weight excluding hydrogens is 131 g/mol. The van der Waals surface area contributed by atoms with E-state index in [0.29, 0.717) is 0 Å². The van der Waals surface area contributed by atoms with Crippen molar-refractivity contribution in [2.45, 2.75) is 25.1 Å². The third-order valence-corrected chi connectivity index (χ3v) is 1.95. The summed E-state index contributed by atoms with van der Waals surface area (Å²) in [6, 6.07) is -0.438. The van der Waals surface area contributed by atoms with E-state index in [-0.39, 0.29) is 12.5 Å². The standard InChI is InChI=1S/C6H11BO3/c1-3-5(9)4(2-8)10-6(3)7/h3-6,8-9H,2H2,1H3/t3-,4+,5-,6+/m0/s1. The average Bonchev–Trinajstić information content (AvgIpc) is 2.17. The molecule has 56 valence electrons. The van der Waals surface area contributed by atoms with Gasteiger partial charge in [-0.1, -0.05) is 6.92 Å². The van der Waals surface area contributed by atoms with Crippen molar-refractivity contribution in [2.75, 3.05) is 6.61 Å². The van der Waals surface area contributed by atoms with E-state index in [0.717, 1.165) is 0 Å². The van der Waals surface area contributed by atoms with Crippen LogP contribution in [0.4, 0.5) is 0 Å². The molecule has 0 aliphatic carbocycles. The fourth-order valence-electron chi connectivity index (χ4n) is 1.09. The van der Waals surface area contributed by atoms with Crippen LogP contribution in [0.25, 0.3) is 0 Å². The highest BCUT2D eigenvalue weighted by Crippen LogP contribution is 2.23. The lowest BCUT2D eigenvalue weighted by atomic mass is 9.86. The number of aliphatic hydroxyl groups excluding tert-OH is 2. The Kier molecular flexibility index (Phi) is 2.34. The molecule has 2 radical (unpaired) electrons. The Morgan fingerprint density at radius 3 is 2.40 bits per heavy atom. The summed E-state index contributed by atoms with van der Waals surface area (Å²) < 4.78 is 5.01. The number of ether oxygens (including phenoxy) is 1. The second-order valence-electron chi connectivity index (χ2n) is 2.67. The molecule has 4 heteroatoms. The predicted molar refractivity (Wildman–Crippen MR) is 36.7 cm³/mol. The van der Waals surface area contributed by atoms with Gasteiger partial charge in [0.1, 0.15) is 14.0 Å². The third kappa shape index (κ3) is 1.19. The molecule has 1 heterocycles. The second-order valence-corrected chi connectivity index (χ2v) is 2.67. The molecule has 1 aliphatic rings. The van der Waals surface area contributed by atoms with Crippen LogP contribution in [0.2, 0.25) is 0 Å². The zero-order valence-electron chi connectivity index (χ0n) is 5.90. The fraction of sp³-hybridized carbons (Fsp3) is 1.00. The van der Waals surface area contributed by atoms with Gasteiger partial charge in [-0.2, -0.15) is 0 Å². The maximum absolute atomic E-state index is 9.26. The summed E-state index contributed by atoms with van der Waals surface area (Å²) in [7, 11) is 5.44. The van der Waals surface area contributed by atoms with Crippen LogP contribution in [-0.4, -0.2) is 42.9 Å². The Morgan fingerprint density at radius 1 is 1.60 bits per heavy atom. The van der Waals surface area contributed by atoms with Crippen LogP contribution < -0.4 is 0 Å². The molecule has 1 fully saturated rings. The number of hydrogen-bond donors (Lipinski definition) is 2. The van der Waals surface area contributed by atoms with Crippen LogP contribution in [0.1, 0.15) is 6.92 Å². The van der Waals surface area contributed by atoms with E-state index >= 15 is 0 Å². The molecule has 3 nitrogen and oxygen atoms in total. The Bertz CT molecular complexity index is 120. The first-order valence-corrected chi connectivity index (χ1v) is 3.36. The van der Waals surface area contributed by atoms with Gasteiger partial charge in [0, 0.05) is 11.9 Å². The van der Waals surface area contributed by atoms with E-state index in [2.05, 4.69) is 0 Å². The molecular formula is C6H11BO3. The van der Waals surface area contributed by atoms with Gasteiger partial charge < -0.3 is 14.9 Å². The molecule has 0 aromatic rings. The number of rotatable bonds is 1. The normalized spacial score (nSPS) is 47.9.